The standard InChI is InChI=1S/C24H26N2O3S/c1-17-13-14-20(15-18(17)2)19(3)25-24(27)21-9-8-12-23(16-21)30(28,29)26(4)22-10-6-5-7-11-22/h5-16,19H,1-4H3,(H,25,27). The lowest BCUT2D eigenvalue weighted by atomic mass is 10.0. The van der Waals surface area contributed by atoms with Gasteiger partial charge >= 0.3 is 0 Å². The molecule has 1 unspecified atom stereocenters. The molecular weight excluding hydrogens is 396 g/mol. The van der Waals surface area contributed by atoms with Crippen molar-refractivity contribution in [3.8, 4) is 0 Å². The van der Waals surface area contributed by atoms with Crippen LogP contribution in [0.5, 0.6) is 0 Å². The first-order valence-electron chi connectivity index (χ1n) is 9.72. The topological polar surface area (TPSA) is 66.5 Å². The van der Waals surface area contributed by atoms with Gasteiger partial charge in [-0.2, -0.15) is 0 Å². The maximum atomic E-state index is 13.0. The molecule has 1 N–H and O–H groups in total. The highest BCUT2D eigenvalue weighted by Crippen LogP contribution is 2.23. The lowest BCUT2D eigenvalue weighted by Crippen LogP contribution is -2.28. The molecule has 3 rings (SSSR count). The smallest absolute Gasteiger partial charge is 0.264 e. The molecule has 0 aliphatic carbocycles. The summed E-state index contributed by atoms with van der Waals surface area (Å²) >= 11 is 0. The van der Waals surface area contributed by atoms with Crippen molar-refractivity contribution in [2.45, 2.75) is 31.7 Å². The van der Waals surface area contributed by atoms with E-state index in [0.717, 1.165) is 11.1 Å². The number of nitrogens with one attached hydrogen (secondary N) is 1. The number of hydrogen-bond acceptors (Lipinski definition) is 3. The molecule has 0 radical (unpaired) electrons. The molecule has 6 heteroatoms. The lowest BCUT2D eigenvalue weighted by molar-refractivity contribution is 0.0939. The Morgan fingerprint density at radius 1 is 0.900 bits per heavy atom. The van der Waals surface area contributed by atoms with E-state index in [1.54, 1.807) is 36.4 Å². The van der Waals surface area contributed by atoms with Gasteiger partial charge < -0.3 is 5.32 Å². The molecule has 3 aromatic carbocycles. The summed E-state index contributed by atoms with van der Waals surface area (Å²) in [5.74, 6) is -0.319. The fourth-order valence-electron chi connectivity index (χ4n) is 3.13. The average Bonchev–Trinajstić information content (AvgIpc) is 2.75. The first-order valence-corrected chi connectivity index (χ1v) is 11.2. The van der Waals surface area contributed by atoms with E-state index in [1.807, 2.05) is 39.0 Å². The van der Waals surface area contributed by atoms with E-state index in [0.29, 0.717) is 11.3 Å². The molecule has 0 spiro atoms. The quantitative estimate of drug-likeness (QED) is 0.630. The van der Waals surface area contributed by atoms with Gasteiger partial charge in [0.1, 0.15) is 0 Å². The Balaban J connectivity index is 1.82. The molecule has 5 nitrogen and oxygen atoms in total. The number of para-hydroxylation sites is 1. The molecule has 1 amide bonds. The largest absolute Gasteiger partial charge is 0.346 e. The van der Waals surface area contributed by atoms with Crippen LogP contribution in [0.3, 0.4) is 0 Å². The summed E-state index contributed by atoms with van der Waals surface area (Å²) < 4.78 is 27.2. The Kier molecular flexibility index (Phi) is 6.27. The van der Waals surface area contributed by atoms with Crippen LogP contribution in [-0.2, 0) is 10.0 Å². The first kappa shape index (κ1) is 21.6. The summed E-state index contributed by atoms with van der Waals surface area (Å²) in [4.78, 5) is 12.8. The zero-order valence-corrected chi connectivity index (χ0v) is 18.4. The van der Waals surface area contributed by atoms with Crippen molar-refractivity contribution in [2.75, 3.05) is 11.4 Å². The monoisotopic (exact) mass is 422 g/mol. The second-order valence-electron chi connectivity index (χ2n) is 7.37. The molecule has 0 bridgehead atoms. The van der Waals surface area contributed by atoms with Crippen molar-refractivity contribution in [3.63, 3.8) is 0 Å². The van der Waals surface area contributed by atoms with E-state index in [-0.39, 0.29) is 16.8 Å². The number of aryl methyl sites for hydroxylation is 2. The van der Waals surface area contributed by atoms with E-state index in [4.69, 9.17) is 0 Å². The van der Waals surface area contributed by atoms with Crippen LogP contribution < -0.4 is 9.62 Å². The minimum Gasteiger partial charge on any atom is -0.346 e. The zero-order valence-electron chi connectivity index (χ0n) is 17.6. The number of nitrogens with zero attached hydrogens (tertiary/aromatic N) is 1. The van der Waals surface area contributed by atoms with Crippen molar-refractivity contribution >= 4 is 21.6 Å². The van der Waals surface area contributed by atoms with Crippen molar-refractivity contribution in [1.82, 2.24) is 5.32 Å². The Morgan fingerprint density at radius 2 is 1.60 bits per heavy atom. The van der Waals surface area contributed by atoms with Crippen molar-refractivity contribution in [2.24, 2.45) is 0 Å². The van der Waals surface area contributed by atoms with Crippen LogP contribution in [-0.4, -0.2) is 21.4 Å². The Morgan fingerprint density at radius 3 is 2.27 bits per heavy atom. The minimum absolute atomic E-state index is 0.0698. The zero-order chi connectivity index (χ0) is 21.9. The van der Waals surface area contributed by atoms with Gasteiger partial charge in [-0.25, -0.2) is 8.42 Å². The molecule has 3 aromatic rings. The number of anilines is 1. The molecule has 0 saturated heterocycles. The van der Waals surface area contributed by atoms with Gasteiger partial charge in [0.2, 0.25) is 0 Å². The number of carbonyl (C=O) groups is 1. The molecule has 0 saturated carbocycles. The summed E-state index contributed by atoms with van der Waals surface area (Å²) in [7, 11) is -2.29. The number of sulfonamides is 1. The van der Waals surface area contributed by atoms with Gasteiger partial charge in [0.25, 0.3) is 15.9 Å². The number of amides is 1. The second-order valence-corrected chi connectivity index (χ2v) is 9.34. The predicted molar refractivity (Wildman–Crippen MR) is 120 cm³/mol. The Labute approximate surface area is 178 Å². The number of rotatable bonds is 6. The van der Waals surface area contributed by atoms with Crippen LogP contribution in [0.1, 0.15) is 40.0 Å². The van der Waals surface area contributed by atoms with Crippen molar-refractivity contribution < 1.29 is 13.2 Å². The summed E-state index contributed by atoms with van der Waals surface area (Å²) in [6.07, 6.45) is 0. The Hall–Kier alpha value is -3.12. The summed E-state index contributed by atoms with van der Waals surface area (Å²) in [6.45, 7) is 5.98. The normalized spacial score (nSPS) is 12.3. The number of benzene rings is 3. The highest BCUT2D eigenvalue weighted by molar-refractivity contribution is 7.92. The fraction of sp³-hybridized carbons (Fsp3) is 0.208. The molecule has 30 heavy (non-hydrogen) atoms. The van der Waals surface area contributed by atoms with Gasteiger partial charge in [-0.3, -0.25) is 9.10 Å². The third-order valence-electron chi connectivity index (χ3n) is 5.25. The van der Waals surface area contributed by atoms with E-state index < -0.39 is 10.0 Å². The maximum absolute atomic E-state index is 13.0. The van der Waals surface area contributed by atoms with Gasteiger partial charge in [-0.05, 0) is 67.8 Å². The van der Waals surface area contributed by atoms with Gasteiger partial charge in [-0.1, -0.05) is 42.5 Å². The highest BCUT2D eigenvalue weighted by atomic mass is 32.2. The number of hydrogen-bond donors (Lipinski definition) is 1. The molecule has 156 valence electrons. The molecular formula is C24H26N2O3S. The van der Waals surface area contributed by atoms with E-state index in [1.165, 1.54) is 29.0 Å². The first-order chi connectivity index (χ1) is 14.2. The molecule has 0 aliphatic heterocycles. The SMILES string of the molecule is Cc1ccc(C(C)NC(=O)c2cccc(S(=O)(=O)N(C)c3ccccc3)c2)cc1C. The molecule has 0 aromatic heterocycles. The predicted octanol–water partition coefficient (Wildman–Crippen LogP) is 4.62. The lowest BCUT2D eigenvalue weighted by Gasteiger charge is -2.20. The summed E-state index contributed by atoms with van der Waals surface area (Å²) in [6, 6.07) is 20.8. The van der Waals surface area contributed by atoms with Crippen LogP contribution in [0.4, 0.5) is 5.69 Å². The van der Waals surface area contributed by atoms with Crippen LogP contribution in [0.15, 0.2) is 77.7 Å². The summed E-state index contributed by atoms with van der Waals surface area (Å²) in [5, 5.41) is 2.95. The number of carbonyl (C=O) groups excluding carboxylic acids is 1. The van der Waals surface area contributed by atoms with Gasteiger partial charge in [0.05, 0.1) is 16.6 Å². The fourth-order valence-corrected chi connectivity index (χ4v) is 4.37. The van der Waals surface area contributed by atoms with Crippen LogP contribution in [0.2, 0.25) is 0 Å². The van der Waals surface area contributed by atoms with Crippen LogP contribution >= 0.6 is 0 Å². The second kappa shape index (κ2) is 8.71. The third kappa shape index (κ3) is 4.54. The van der Waals surface area contributed by atoms with Gasteiger partial charge in [0.15, 0.2) is 0 Å². The molecule has 0 fully saturated rings. The Bertz CT molecular complexity index is 1160. The van der Waals surface area contributed by atoms with Crippen molar-refractivity contribution in [1.29, 1.82) is 0 Å². The highest BCUT2D eigenvalue weighted by Gasteiger charge is 2.22. The van der Waals surface area contributed by atoms with Crippen LogP contribution in [0, 0.1) is 13.8 Å². The van der Waals surface area contributed by atoms with Gasteiger partial charge in [0, 0.05) is 12.6 Å². The third-order valence-corrected chi connectivity index (χ3v) is 7.03. The summed E-state index contributed by atoms with van der Waals surface area (Å²) in [5.41, 5.74) is 4.20. The average molecular weight is 423 g/mol. The van der Waals surface area contributed by atoms with E-state index in [9.17, 15) is 13.2 Å². The van der Waals surface area contributed by atoms with E-state index in [2.05, 4.69) is 11.4 Å². The molecule has 1 atom stereocenters. The maximum Gasteiger partial charge on any atom is 0.264 e. The van der Waals surface area contributed by atoms with Crippen LogP contribution in [0.25, 0.3) is 0 Å². The van der Waals surface area contributed by atoms with Crippen molar-refractivity contribution in [3.05, 3.63) is 95.1 Å². The minimum atomic E-state index is -3.79. The molecule has 0 heterocycles. The van der Waals surface area contributed by atoms with E-state index >= 15 is 0 Å². The van der Waals surface area contributed by atoms with Gasteiger partial charge in [-0.15, -0.1) is 0 Å². The molecule has 0 aliphatic rings.